The molecule has 0 fully saturated rings. The molecule has 26 heavy (non-hydrogen) atoms. The number of fused-ring (bicyclic) bond motifs is 1. The van der Waals surface area contributed by atoms with Crippen LogP contribution in [0.4, 0.5) is 0 Å². The summed E-state index contributed by atoms with van der Waals surface area (Å²) in [6, 6.07) is 21.1. The SMILES string of the molecule is C[Si](O)c1ccccc1.Cc1cc2cc(CC(C)C)ccc2[cH-]1.[Cl-].[Cl-].[Zr+3]. The molecule has 0 bridgehead atoms. The average Bonchev–Trinajstić information content (AvgIpc) is 2.87. The number of aryl methyl sites for hydroxylation is 1. The summed E-state index contributed by atoms with van der Waals surface area (Å²) >= 11 is 0. The van der Waals surface area contributed by atoms with Gasteiger partial charge in [0.2, 0.25) is 9.04 Å². The second-order valence-electron chi connectivity index (χ2n) is 6.55. The second-order valence-corrected chi connectivity index (χ2v) is 8.29. The fourth-order valence-corrected chi connectivity index (χ4v) is 3.37. The van der Waals surface area contributed by atoms with Crippen LogP contribution in [0.15, 0.2) is 60.7 Å². The summed E-state index contributed by atoms with van der Waals surface area (Å²) in [7, 11) is -1.21. The average molecular weight is 485 g/mol. The van der Waals surface area contributed by atoms with Crippen LogP contribution in [0.2, 0.25) is 6.55 Å². The van der Waals surface area contributed by atoms with Crippen molar-refractivity contribution in [2.24, 2.45) is 5.92 Å². The van der Waals surface area contributed by atoms with Gasteiger partial charge in [-0.3, -0.25) is 0 Å². The molecule has 3 aromatic carbocycles. The number of hydrogen-bond acceptors (Lipinski definition) is 1. The van der Waals surface area contributed by atoms with Crippen LogP contribution in [0.5, 0.6) is 0 Å². The molecule has 5 heteroatoms. The zero-order valence-electron chi connectivity index (χ0n) is 15.8. The zero-order valence-corrected chi connectivity index (χ0v) is 20.7. The van der Waals surface area contributed by atoms with Crippen LogP contribution in [0.3, 0.4) is 0 Å². The van der Waals surface area contributed by atoms with E-state index >= 15 is 0 Å². The van der Waals surface area contributed by atoms with Crippen molar-refractivity contribution in [3.05, 3.63) is 71.8 Å². The van der Waals surface area contributed by atoms with Gasteiger partial charge in [-0.2, -0.15) is 6.07 Å². The molecule has 0 saturated heterocycles. The Morgan fingerprint density at radius 1 is 1.00 bits per heavy atom. The molecule has 3 rings (SSSR count). The molecule has 0 aliphatic carbocycles. The first-order valence-electron chi connectivity index (χ1n) is 8.19. The Morgan fingerprint density at radius 3 is 2.12 bits per heavy atom. The van der Waals surface area contributed by atoms with E-state index in [4.69, 9.17) is 4.80 Å². The van der Waals surface area contributed by atoms with Crippen molar-refractivity contribution in [2.75, 3.05) is 0 Å². The van der Waals surface area contributed by atoms with E-state index in [1.54, 1.807) is 0 Å². The first-order valence-corrected chi connectivity index (χ1v) is 10.1. The maximum Gasteiger partial charge on any atom is 3.00 e. The van der Waals surface area contributed by atoms with Gasteiger partial charge < -0.3 is 29.6 Å². The molecule has 0 aromatic heterocycles. The Kier molecular flexibility index (Phi) is 14.8. The third-order valence-electron chi connectivity index (χ3n) is 3.75. The van der Waals surface area contributed by atoms with E-state index in [9.17, 15) is 0 Å². The summed E-state index contributed by atoms with van der Waals surface area (Å²) in [5, 5.41) is 3.83. The summed E-state index contributed by atoms with van der Waals surface area (Å²) < 4.78 is 0. The van der Waals surface area contributed by atoms with Crippen LogP contribution in [-0.4, -0.2) is 13.8 Å². The van der Waals surface area contributed by atoms with Gasteiger partial charge in [0.05, 0.1) is 0 Å². The van der Waals surface area contributed by atoms with Crippen molar-refractivity contribution < 1.29 is 55.8 Å². The van der Waals surface area contributed by atoms with Gasteiger partial charge in [-0.05, 0) is 24.1 Å². The molecule has 0 aliphatic heterocycles. The van der Waals surface area contributed by atoms with Crippen LogP contribution in [-0.2, 0) is 32.6 Å². The molecule has 0 atom stereocenters. The van der Waals surface area contributed by atoms with Crippen molar-refractivity contribution in [3.63, 3.8) is 0 Å². The second kappa shape index (κ2) is 13.8. The Hall–Kier alpha value is -0.310. The molecule has 2 radical (unpaired) electrons. The van der Waals surface area contributed by atoms with Gasteiger partial charge in [0.1, 0.15) is 0 Å². The van der Waals surface area contributed by atoms with Gasteiger partial charge in [-0.1, -0.05) is 56.7 Å². The van der Waals surface area contributed by atoms with E-state index < -0.39 is 9.04 Å². The van der Waals surface area contributed by atoms with Crippen molar-refractivity contribution in [1.82, 2.24) is 0 Å². The number of benzene rings is 2. The monoisotopic (exact) mass is 482 g/mol. The molecule has 138 valence electrons. The predicted molar refractivity (Wildman–Crippen MR) is 103 cm³/mol. The Morgan fingerprint density at radius 2 is 1.62 bits per heavy atom. The Balaban J connectivity index is 0. The molecule has 0 spiro atoms. The molecule has 0 aliphatic rings. The van der Waals surface area contributed by atoms with E-state index in [2.05, 4.69) is 51.1 Å². The van der Waals surface area contributed by atoms with Gasteiger partial charge in [0.15, 0.2) is 0 Å². The summed E-state index contributed by atoms with van der Waals surface area (Å²) in [6.45, 7) is 8.54. The molecular weight excluding hydrogens is 458 g/mol. The quantitative estimate of drug-likeness (QED) is 0.358. The van der Waals surface area contributed by atoms with E-state index in [1.165, 1.54) is 28.3 Å². The van der Waals surface area contributed by atoms with Crippen LogP contribution in [0, 0.1) is 12.8 Å². The van der Waals surface area contributed by atoms with Crippen LogP contribution in [0.1, 0.15) is 25.0 Å². The molecule has 1 nitrogen and oxygen atoms in total. The van der Waals surface area contributed by atoms with Crippen LogP contribution >= 0.6 is 0 Å². The number of rotatable bonds is 3. The molecular formula is C21H26Cl2OSiZr. The molecule has 0 unspecified atom stereocenters. The molecule has 3 aromatic rings. The van der Waals surface area contributed by atoms with Gasteiger partial charge in [0, 0.05) is 0 Å². The minimum atomic E-state index is -1.21. The van der Waals surface area contributed by atoms with Crippen molar-refractivity contribution in [3.8, 4) is 0 Å². The molecule has 0 saturated carbocycles. The minimum Gasteiger partial charge on any atom is -1.00 e. The minimum absolute atomic E-state index is 0. The first kappa shape index (κ1) is 27.9. The van der Waals surface area contributed by atoms with Gasteiger partial charge >= 0.3 is 26.2 Å². The summed E-state index contributed by atoms with van der Waals surface area (Å²) in [4.78, 5) is 9.13. The smallest absolute Gasteiger partial charge is 1.00 e. The van der Waals surface area contributed by atoms with Crippen LogP contribution < -0.4 is 30.0 Å². The van der Waals surface area contributed by atoms with E-state index in [1.807, 2.05) is 36.9 Å². The first-order chi connectivity index (χ1) is 11.0. The standard InChI is InChI=1S/C14H17.C7H9OSi.2ClH.Zr/c1-10(2)6-12-4-5-13-7-11(3)8-14(13)9-12;1-9(8)7-5-3-2-4-6-7;;;/h4-5,7-10H,6H2,1-3H3;2-6,8H,1H3;2*1H;/q-1;;;;+3/p-2. The number of halogens is 2. The van der Waals surface area contributed by atoms with Crippen LogP contribution in [0.25, 0.3) is 10.8 Å². The summed E-state index contributed by atoms with van der Waals surface area (Å²) in [5.41, 5.74) is 2.82. The van der Waals surface area contributed by atoms with Gasteiger partial charge in [-0.15, -0.1) is 40.6 Å². The maximum atomic E-state index is 9.13. The van der Waals surface area contributed by atoms with Gasteiger partial charge in [-0.25, -0.2) is 0 Å². The normalized spacial score (nSPS) is 9.65. The zero-order chi connectivity index (χ0) is 16.8. The van der Waals surface area contributed by atoms with E-state index in [0.717, 1.165) is 11.1 Å². The van der Waals surface area contributed by atoms with E-state index in [-0.39, 0.29) is 51.0 Å². The predicted octanol–water partition coefficient (Wildman–Crippen LogP) is -1.42. The van der Waals surface area contributed by atoms with Crippen molar-refractivity contribution in [1.29, 1.82) is 0 Å². The Labute approximate surface area is 191 Å². The molecule has 0 heterocycles. The third kappa shape index (κ3) is 9.06. The summed E-state index contributed by atoms with van der Waals surface area (Å²) in [6.07, 6.45) is 1.18. The fourth-order valence-electron chi connectivity index (χ4n) is 2.69. The summed E-state index contributed by atoms with van der Waals surface area (Å²) in [5.74, 6) is 0.739. The van der Waals surface area contributed by atoms with E-state index in [0.29, 0.717) is 0 Å². The maximum absolute atomic E-state index is 9.13. The third-order valence-corrected chi connectivity index (χ3v) is 4.92. The topological polar surface area (TPSA) is 20.2 Å². The Bertz CT molecular complexity index is 742. The fraction of sp³-hybridized carbons (Fsp3) is 0.286. The number of hydrogen-bond donors (Lipinski definition) is 1. The van der Waals surface area contributed by atoms with Gasteiger partial charge in [0.25, 0.3) is 0 Å². The van der Waals surface area contributed by atoms with Crippen molar-refractivity contribution in [2.45, 2.75) is 33.7 Å². The molecule has 0 amide bonds. The van der Waals surface area contributed by atoms with Crippen molar-refractivity contribution >= 4 is 25.0 Å². The largest absolute Gasteiger partial charge is 3.00 e. The molecule has 1 N–H and O–H groups in total.